The summed E-state index contributed by atoms with van der Waals surface area (Å²) in [6, 6.07) is 7.49. The van der Waals surface area contributed by atoms with Gasteiger partial charge in [0.25, 0.3) is 0 Å². The summed E-state index contributed by atoms with van der Waals surface area (Å²) >= 11 is 0. The molecule has 0 aromatic carbocycles. The summed E-state index contributed by atoms with van der Waals surface area (Å²) < 4.78 is 7.66. The molecule has 6 nitrogen and oxygen atoms in total. The predicted molar refractivity (Wildman–Crippen MR) is 94.2 cm³/mol. The number of carboxylic acids is 1. The third-order valence-corrected chi connectivity index (χ3v) is 5.86. The number of carboxylic acid groups (broad SMARTS) is 1. The Hall–Kier alpha value is -2.89. The fourth-order valence-electron chi connectivity index (χ4n) is 4.46. The molecule has 0 unspecified atom stereocenters. The molecule has 0 saturated heterocycles. The number of rotatable bonds is 3. The first-order chi connectivity index (χ1) is 12.6. The van der Waals surface area contributed by atoms with Crippen LogP contribution in [0.1, 0.15) is 52.5 Å². The van der Waals surface area contributed by atoms with Crippen LogP contribution in [0.4, 0.5) is 0 Å². The molecule has 0 bridgehead atoms. The van der Waals surface area contributed by atoms with E-state index in [0.717, 1.165) is 47.7 Å². The molecule has 2 aliphatic carbocycles. The van der Waals surface area contributed by atoms with Crippen LogP contribution in [0.25, 0.3) is 11.3 Å². The predicted octanol–water partition coefficient (Wildman–Crippen LogP) is 3.57. The fraction of sp³-hybridized carbons (Fsp3) is 0.350. The van der Waals surface area contributed by atoms with Gasteiger partial charge in [0, 0.05) is 40.9 Å². The zero-order valence-electron chi connectivity index (χ0n) is 14.5. The Bertz CT molecular complexity index is 1010. The molecule has 0 aliphatic heterocycles. The second kappa shape index (κ2) is 5.30. The number of hydrogen-bond donors (Lipinski definition) is 1. The Morgan fingerprint density at radius 1 is 1.38 bits per heavy atom. The van der Waals surface area contributed by atoms with Gasteiger partial charge in [0.2, 0.25) is 5.76 Å². The third-order valence-electron chi connectivity index (χ3n) is 5.86. The zero-order chi connectivity index (χ0) is 17.9. The van der Waals surface area contributed by atoms with E-state index >= 15 is 0 Å². The first-order valence-electron chi connectivity index (χ1n) is 8.92. The van der Waals surface area contributed by atoms with Gasteiger partial charge in [-0.1, -0.05) is 12.5 Å². The van der Waals surface area contributed by atoms with Crippen molar-refractivity contribution in [3.63, 3.8) is 0 Å². The molecule has 26 heavy (non-hydrogen) atoms. The van der Waals surface area contributed by atoms with Gasteiger partial charge in [-0.2, -0.15) is 5.10 Å². The summed E-state index contributed by atoms with van der Waals surface area (Å²) in [6.07, 6.45) is 5.93. The molecule has 3 aromatic rings. The first-order valence-corrected chi connectivity index (χ1v) is 8.92. The number of aromatic nitrogens is 3. The van der Waals surface area contributed by atoms with Crippen molar-refractivity contribution < 1.29 is 14.3 Å². The summed E-state index contributed by atoms with van der Waals surface area (Å²) in [7, 11) is 0. The van der Waals surface area contributed by atoms with Crippen molar-refractivity contribution in [3.05, 3.63) is 58.9 Å². The number of fused-ring (bicyclic) bond motifs is 4. The van der Waals surface area contributed by atoms with Crippen LogP contribution >= 0.6 is 0 Å². The lowest BCUT2D eigenvalue weighted by Gasteiger charge is -2.44. The van der Waals surface area contributed by atoms with E-state index in [2.05, 4.69) is 11.9 Å². The van der Waals surface area contributed by atoms with Gasteiger partial charge in [-0.3, -0.25) is 9.67 Å². The van der Waals surface area contributed by atoms with Gasteiger partial charge in [-0.15, -0.1) is 0 Å². The summed E-state index contributed by atoms with van der Waals surface area (Å²) in [5.41, 5.74) is 5.13. The van der Waals surface area contributed by atoms with E-state index in [9.17, 15) is 9.90 Å². The minimum atomic E-state index is -1.03. The van der Waals surface area contributed by atoms with E-state index in [0.29, 0.717) is 6.54 Å². The number of furan rings is 1. The van der Waals surface area contributed by atoms with Gasteiger partial charge >= 0.3 is 5.97 Å². The molecule has 1 fully saturated rings. The second-order valence-electron chi connectivity index (χ2n) is 7.35. The standard InChI is InChI=1S/C20H19N3O3/c1-12-17-18(22-23(12)11-13-5-2-3-8-21-13)14-9-15(19(24)25)26-16(14)10-20(17)6-4-7-20/h2-3,5,8-9H,4,6-7,10-11H2,1H3,(H,24,25). The SMILES string of the molecule is Cc1c2c(nn1Cc1ccccn1)-c1cc(C(=O)O)oc1CC21CCC1. The van der Waals surface area contributed by atoms with Crippen LogP contribution < -0.4 is 0 Å². The van der Waals surface area contributed by atoms with E-state index in [-0.39, 0.29) is 11.2 Å². The van der Waals surface area contributed by atoms with Crippen LogP contribution in [0.3, 0.4) is 0 Å². The average Bonchev–Trinajstić information content (AvgIpc) is 3.16. The molecule has 5 rings (SSSR count). The van der Waals surface area contributed by atoms with Gasteiger partial charge in [0.15, 0.2) is 0 Å². The number of aromatic carboxylic acids is 1. The lowest BCUT2D eigenvalue weighted by atomic mass is 9.59. The van der Waals surface area contributed by atoms with Crippen molar-refractivity contribution in [2.45, 2.75) is 44.6 Å². The Kier molecular flexibility index (Phi) is 3.13. The van der Waals surface area contributed by atoms with Crippen LogP contribution in [-0.4, -0.2) is 25.8 Å². The molecule has 3 aromatic heterocycles. The van der Waals surface area contributed by atoms with Crippen LogP contribution in [0.2, 0.25) is 0 Å². The third kappa shape index (κ3) is 2.08. The maximum absolute atomic E-state index is 11.4. The molecule has 1 N–H and O–H groups in total. The minimum absolute atomic E-state index is 0.00532. The number of nitrogens with zero attached hydrogens (tertiary/aromatic N) is 3. The Morgan fingerprint density at radius 3 is 2.88 bits per heavy atom. The minimum Gasteiger partial charge on any atom is -0.475 e. The maximum atomic E-state index is 11.4. The van der Waals surface area contributed by atoms with Gasteiger partial charge in [0.05, 0.1) is 17.9 Å². The van der Waals surface area contributed by atoms with Gasteiger partial charge in [-0.25, -0.2) is 4.79 Å². The molecule has 2 aliphatic rings. The zero-order valence-corrected chi connectivity index (χ0v) is 14.5. The molecule has 3 heterocycles. The van der Waals surface area contributed by atoms with Crippen LogP contribution in [0.15, 0.2) is 34.9 Å². The molecule has 0 amide bonds. The highest BCUT2D eigenvalue weighted by atomic mass is 16.4. The van der Waals surface area contributed by atoms with Crippen LogP contribution in [-0.2, 0) is 18.4 Å². The maximum Gasteiger partial charge on any atom is 0.371 e. The molecule has 0 atom stereocenters. The van der Waals surface area contributed by atoms with E-state index in [4.69, 9.17) is 9.52 Å². The number of hydrogen-bond acceptors (Lipinski definition) is 4. The second-order valence-corrected chi connectivity index (χ2v) is 7.35. The normalized spacial score (nSPS) is 16.8. The number of pyridine rings is 1. The molecule has 0 radical (unpaired) electrons. The monoisotopic (exact) mass is 349 g/mol. The molecule has 1 spiro atoms. The van der Waals surface area contributed by atoms with Gasteiger partial charge in [-0.05, 0) is 31.9 Å². The largest absolute Gasteiger partial charge is 0.475 e. The Morgan fingerprint density at radius 2 is 2.23 bits per heavy atom. The molecular weight excluding hydrogens is 330 g/mol. The van der Waals surface area contributed by atoms with Crippen LogP contribution in [0.5, 0.6) is 0 Å². The molecule has 1 saturated carbocycles. The Labute approximate surface area is 150 Å². The summed E-state index contributed by atoms with van der Waals surface area (Å²) in [6.45, 7) is 2.72. The van der Waals surface area contributed by atoms with Crippen molar-refractivity contribution >= 4 is 5.97 Å². The van der Waals surface area contributed by atoms with E-state index in [1.807, 2.05) is 22.9 Å². The topological polar surface area (TPSA) is 81.2 Å². The first kappa shape index (κ1) is 15.4. The quantitative estimate of drug-likeness (QED) is 0.782. The molecular formula is C20H19N3O3. The van der Waals surface area contributed by atoms with E-state index < -0.39 is 5.97 Å². The van der Waals surface area contributed by atoms with Crippen molar-refractivity contribution in [1.82, 2.24) is 14.8 Å². The number of carbonyl (C=O) groups is 1. The lowest BCUT2D eigenvalue weighted by molar-refractivity contribution is 0.0658. The highest BCUT2D eigenvalue weighted by Gasteiger charge is 2.48. The van der Waals surface area contributed by atoms with Crippen molar-refractivity contribution in [1.29, 1.82) is 0 Å². The molecule has 132 valence electrons. The average molecular weight is 349 g/mol. The Balaban J connectivity index is 1.66. The van der Waals surface area contributed by atoms with Gasteiger partial charge < -0.3 is 9.52 Å². The lowest BCUT2D eigenvalue weighted by Crippen LogP contribution is -2.39. The summed E-state index contributed by atoms with van der Waals surface area (Å²) in [5.74, 6) is -0.278. The van der Waals surface area contributed by atoms with E-state index in [1.54, 1.807) is 12.3 Å². The van der Waals surface area contributed by atoms with Crippen molar-refractivity contribution in [3.8, 4) is 11.3 Å². The highest BCUT2D eigenvalue weighted by molar-refractivity contribution is 5.87. The van der Waals surface area contributed by atoms with Gasteiger partial charge in [0.1, 0.15) is 5.76 Å². The van der Waals surface area contributed by atoms with E-state index in [1.165, 1.54) is 12.0 Å². The van der Waals surface area contributed by atoms with Crippen molar-refractivity contribution in [2.75, 3.05) is 0 Å². The summed E-state index contributed by atoms with van der Waals surface area (Å²) in [5, 5.41) is 14.2. The fourth-order valence-corrected chi connectivity index (χ4v) is 4.46. The smallest absolute Gasteiger partial charge is 0.371 e. The highest BCUT2D eigenvalue weighted by Crippen LogP contribution is 2.54. The summed E-state index contributed by atoms with van der Waals surface area (Å²) in [4.78, 5) is 15.8. The van der Waals surface area contributed by atoms with Crippen molar-refractivity contribution in [2.24, 2.45) is 0 Å². The molecule has 6 heteroatoms. The van der Waals surface area contributed by atoms with Crippen LogP contribution in [0, 0.1) is 6.92 Å².